The molecule has 1 saturated heterocycles. The number of hydrogen-bond acceptors (Lipinski definition) is 2. The predicted molar refractivity (Wildman–Crippen MR) is 57.4 cm³/mol. The van der Waals surface area contributed by atoms with Gasteiger partial charge in [0.15, 0.2) is 0 Å². The maximum Gasteiger partial charge on any atom is 0.0152 e. The van der Waals surface area contributed by atoms with Gasteiger partial charge in [-0.3, -0.25) is 0 Å². The van der Waals surface area contributed by atoms with E-state index in [4.69, 9.17) is 5.41 Å². The van der Waals surface area contributed by atoms with Gasteiger partial charge in [0, 0.05) is 5.71 Å². The Labute approximate surface area is 81.6 Å². The first-order chi connectivity index (χ1) is 6.29. The second kappa shape index (κ2) is 5.38. The van der Waals surface area contributed by atoms with E-state index in [0.29, 0.717) is 11.8 Å². The molecule has 0 atom stereocenters. The third-order valence-electron chi connectivity index (χ3n) is 3.20. The maximum atomic E-state index is 8.11. The molecule has 13 heavy (non-hydrogen) atoms. The Kier molecular flexibility index (Phi) is 4.43. The van der Waals surface area contributed by atoms with Crippen LogP contribution in [0.15, 0.2) is 0 Å². The monoisotopic (exact) mass is 182 g/mol. The summed E-state index contributed by atoms with van der Waals surface area (Å²) in [6.45, 7) is 6.61. The quantitative estimate of drug-likeness (QED) is 0.644. The van der Waals surface area contributed by atoms with Crippen LogP contribution in [-0.2, 0) is 0 Å². The van der Waals surface area contributed by atoms with E-state index in [0.717, 1.165) is 31.6 Å². The molecule has 1 aliphatic heterocycles. The van der Waals surface area contributed by atoms with Crippen LogP contribution in [0.25, 0.3) is 0 Å². The van der Waals surface area contributed by atoms with Crippen LogP contribution in [-0.4, -0.2) is 18.8 Å². The van der Waals surface area contributed by atoms with E-state index in [1.54, 1.807) is 0 Å². The molecule has 0 aliphatic carbocycles. The summed E-state index contributed by atoms with van der Waals surface area (Å²) in [6.07, 6.45) is 4.63. The van der Waals surface area contributed by atoms with Gasteiger partial charge >= 0.3 is 0 Å². The van der Waals surface area contributed by atoms with Crippen LogP contribution in [0, 0.1) is 17.2 Å². The highest BCUT2D eigenvalue weighted by atomic mass is 14.9. The summed E-state index contributed by atoms with van der Waals surface area (Å²) in [4.78, 5) is 0. The topological polar surface area (TPSA) is 35.9 Å². The molecule has 1 aliphatic rings. The smallest absolute Gasteiger partial charge is 0.0152 e. The molecule has 0 amide bonds. The van der Waals surface area contributed by atoms with Gasteiger partial charge in [0.2, 0.25) is 0 Å². The molecule has 1 rings (SSSR count). The summed E-state index contributed by atoms with van der Waals surface area (Å²) in [5.74, 6) is 1.12. The first-order valence-electron chi connectivity index (χ1n) is 5.58. The van der Waals surface area contributed by atoms with Crippen LogP contribution >= 0.6 is 0 Å². The fourth-order valence-corrected chi connectivity index (χ4v) is 2.19. The second-order valence-corrected chi connectivity index (χ2v) is 3.99. The van der Waals surface area contributed by atoms with Crippen molar-refractivity contribution in [2.24, 2.45) is 11.8 Å². The Morgan fingerprint density at radius 1 is 1.31 bits per heavy atom. The molecular formula is C11H22N2. The average Bonchev–Trinajstić information content (AvgIpc) is 2.21. The number of hydrogen-bond donors (Lipinski definition) is 2. The molecule has 0 unspecified atom stereocenters. The summed E-state index contributed by atoms with van der Waals surface area (Å²) in [5.41, 5.74) is 1.02. The summed E-state index contributed by atoms with van der Waals surface area (Å²) in [7, 11) is 0. The van der Waals surface area contributed by atoms with Crippen LogP contribution in [0.4, 0.5) is 0 Å². The number of piperidine rings is 1. The second-order valence-electron chi connectivity index (χ2n) is 3.99. The molecule has 0 aromatic rings. The summed E-state index contributed by atoms with van der Waals surface area (Å²) in [6, 6.07) is 0. The van der Waals surface area contributed by atoms with Gasteiger partial charge in [-0.25, -0.2) is 0 Å². The molecule has 0 spiro atoms. The van der Waals surface area contributed by atoms with Crippen molar-refractivity contribution in [2.75, 3.05) is 13.1 Å². The minimum atomic E-state index is 0.545. The van der Waals surface area contributed by atoms with E-state index in [1.165, 1.54) is 12.8 Å². The Morgan fingerprint density at radius 3 is 2.31 bits per heavy atom. The zero-order chi connectivity index (χ0) is 9.68. The van der Waals surface area contributed by atoms with E-state index in [-0.39, 0.29) is 0 Å². The largest absolute Gasteiger partial charge is 0.317 e. The van der Waals surface area contributed by atoms with Crippen molar-refractivity contribution in [3.05, 3.63) is 0 Å². The lowest BCUT2D eigenvalue weighted by Gasteiger charge is -2.27. The lowest BCUT2D eigenvalue weighted by molar-refractivity contribution is 0.435. The highest BCUT2D eigenvalue weighted by molar-refractivity contribution is 5.86. The van der Waals surface area contributed by atoms with Crippen LogP contribution in [0.3, 0.4) is 0 Å². The SMILES string of the molecule is CCC(CC)C(=N)C1CCNCC1. The Balaban J connectivity index is 2.44. The van der Waals surface area contributed by atoms with Crippen LogP contribution in [0.1, 0.15) is 39.5 Å². The predicted octanol–water partition coefficient (Wildman–Crippen LogP) is 2.44. The van der Waals surface area contributed by atoms with Crippen molar-refractivity contribution >= 4 is 5.71 Å². The molecule has 1 heterocycles. The Bertz CT molecular complexity index is 155. The molecule has 1 fully saturated rings. The van der Waals surface area contributed by atoms with Crippen molar-refractivity contribution < 1.29 is 0 Å². The van der Waals surface area contributed by atoms with E-state index in [9.17, 15) is 0 Å². The molecule has 2 N–H and O–H groups in total. The van der Waals surface area contributed by atoms with E-state index < -0.39 is 0 Å². The van der Waals surface area contributed by atoms with Crippen molar-refractivity contribution in [2.45, 2.75) is 39.5 Å². The molecular weight excluding hydrogens is 160 g/mol. The standard InChI is InChI=1S/C11H22N2/c1-3-9(4-2)11(12)10-5-7-13-8-6-10/h9-10,12-13H,3-8H2,1-2H3. The fourth-order valence-electron chi connectivity index (χ4n) is 2.19. The van der Waals surface area contributed by atoms with Crippen LogP contribution in [0.2, 0.25) is 0 Å². The van der Waals surface area contributed by atoms with Crippen molar-refractivity contribution in [1.82, 2.24) is 5.32 Å². The fraction of sp³-hybridized carbons (Fsp3) is 0.909. The molecule has 0 saturated carbocycles. The van der Waals surface area contributed by atoms with Gasteiger partial charge in [-0.2, -0.15) is 0 Å². The molecule has 2 heteroatoms. The third kappa shape index (κ3) is 2.80. The van der Waals surface area contributed by atoms with Crippen molar-refractivity contribution in [3.8, 4) is 0 Å². The van der Waals surface area contributed by atoms with Crippen molar-refractivity contribution in [3.63, 3.8) is 0 Å². The molecule has 2 nitrogen and oxygen atoms in total. The normalized spacial score (nSPS) is 19.3. The van der Waals surface area contributed by atoms with Gasteiger partial charge in [0.25, 0.3) is 0 Å². The van der Waals surface area contributed by atoms with Gasteiger partial charge in [0.05, 0.1) is 0 Å². The van der Waals surface area contributed by atoms with Gasteiger partial charge in [-0.05, 0) is 50.6 Å². The number of rotatable bonds is 4. The first kappa shape index (κ1) is 10.7. The minimum Gasteiger partial charge on any atom is -0.317 e. The molecule has 0 aromatic heterocycles. The molecule has 0 radical (unpaired) electrons. The van der Waals surface area contributed by atoms with Crippen LogP contribution < -0.4 is 5.32 Å². The van der Waals surface area contributed by atoms with Gasteiger partial charge in [-0.15, -0.1) is 0 Å². The zero-order valence-electron chi connectivity index (χ0n) is 8.90. The van der Waals surface area contributed by atoms with Gasteiger partial charge < -0.3 is 10.7 Å². The lowest BCUT2D eigenvalue weighted by Crippen LogP contribution is -2.34. The highest BCUT2D eigenvalue weighted by Gasteiger charge is 2.22. The Morgan fingerprint density at radius 2 is 1.85 bits per heavy atom. The zero-order valence-corrected chi connectivity index (χ0v) is 8.90. The first-order valence-corrected chi connectivity index (χ1v) is 5.58. The van der Waals surface area contributed by atoms with E-state index in [2.05, 4.69) is 19.2 Å². The maximum absolute atomic E-state index is 8.11. The van der Waals surface area contributed by atoms with Gasteiger partial charge in [0.1, 0.15) is 0 Å². The molecule has 0 bridgehead atoms. The highest BCUT2D eigenvalue weighted by Crippen LogP contribution is 2.21. The lowest BCUT2D eigenvalue weighted by atomic mass is 9.83. The minimum absolute atomic E-state index is 0.545. The summed E-state index contributed by atoms with van der Waals surface area (Å²) < 4.78 is 0. The third-order valence-corrected chi connectivity index (χ3v) is 3.20. The van der Waals surface area contributed by atoms with E-state index >= 15 is 0 Å². The van der Waals surface area contributed by atoms with Crippen LogP contribution in [0.5, 0.6) is 0 Å². The van der Waals surface area contributed by atoms with Gasteiger partial charge in [-0.1, -0.05) is 13.8 Å². The average molecular weight is 182 g/mol. The summed E-state index contributed by atoms with van der Waals surface area (Å²) >= 11 is 0. The molecule has 76 valence electrons. The van der Waals surface area contributed by atoms with Crippen molar-refractivity contribution in [1.29, 1.82) is 5.41 Å². The number of nitrogens with one attached hydrogen (secondary N) is 2. The summed E-state index contributed by atoms with van der Waals surface area (Å²) in [5, 5.41) is 11.5. The van der Waals surface area contributed by atoms with E-state index in [1.807, 2.05) is 0 Å². The molecule has 0 aromatic carbocycles. The Hall–Kier alpha value is -0.370.